The molecule has 0 heterocycles. The number of carbonyl (C=O) groups excluding carboxylic acids is 1. The molecule has 0 aliphatic rings. The van der Waals surface area contributed by atoms with E-state index in [1.807, 2.05) is 6.07 Å². The van der Waals surface area contributed by atoms with Crippen LogP contribution in [0.25, 0.3) is 0 Å². The minimum atomic E-state index is -0.388. The van der Waals surface area contributed by atoms with Gasteiger partial charge in [0.15, 0.2) is 11.5 Å². The Morgan fingerprint density at radius 3 is 2.21 bits per heavy atom. The van der Waals surface area contributed by atoms with E-state index in [0.29, 0.717) is 33.5 Å². The number of halogens is 1. The van der Waals surface area contributed by atoms with Crippen LogP contribution >= 0.6 is 11.6 Å². The predicted molar refractivity (Wildman–Crippen MR) is 90.2 cm³/mol. The number of hydrogen-bond donors (Lipinski definition) is 1. The Bertz CT molecular complexity index is 790. The lowest BCUT2D eigenvalue weighted by molar-refractivity contribution is 0.102. The Balaban J connectivity index is 2.35. The van der Waals surface area contributed by atoms with E-state index in [2.05, 4.69) is 5.32 Å². The van der Waals surface area contributed by atoms with E-state index in [1.165, 1.54) is 39.5 Å². The van der Waals surface area contributed by atoms with E-state index in [1.54, 1.807) is 12.1 Å². The SMILES string of the molecule is COc1cc(C(=O)Nc2ccc(Cl)c(C#N)c2)cc(OC)c1OC. The summed E-state index contributed by atoms with van der Waals surface area (Å²) in [6.45, 7) is 0. The summed E-state index contributed by atoms with van der Waals surface area (Å²) in [6, 6.07) is 9.69. The number of nitrogens with one attached hydrogen (secondary N) is 1. The highest BCUT2D eigenvalue weighted by molar-refractivity contribution is 6.31. The van der Waals surface area contributed by atoms with Crippen LogP contribution in [0.1, 0.15) is 15.9 Å². The van der Waals surface area contributed by atoms with Gasteiger partial charge in [-0.1, -0.05) is 11.6 Å². The minimum absolute atomic E-state index is 0.277. The highest BCUT2D eigenvalue weighted by atomic mass is 35.5. The maximum Gasteiger partial charge on any atom is 0.255 e. The molecule has 0 saturated heterocycles. The van der Waals surface area contributed by atoms with Gasteiger partial charge in [-0.05, 0) is 30.3 Å². The third kappa shape index (κ3) is 3.53. The Labute approximate surface area is 144 Å². The molecule has 0 fully saturated rings. The van der Waals surface area contributed by atoms with Crippen molar-refractivity contribution in [1.82, 2.24) is 0 Å². The molecule has 0 aromatic heterocycles. The summed E-state index contributed by atoms with van der Waals surface area (Å²) in [5.41, 5.74) is 1.05. The van der Waals surface area contributed by atoms with Crippen LogP contribution in [0.4, 0.5) is 5.69 Å². The van der Waals surface area contributed by atoms with Gasteiger partial charge in [0, 0.05) is 11.3 Å². The lowest BCUT2D eigenvalue weighted by Crippen LogP contribution is -2.12. The number of nitriles is 1. The fourth-order valence-electron chi connectivity index (χ4n) is 2.10. The summed E-state index contributed by atoms with van der Waals surface area (Å²) >= 11 is 5.88. The summed E-state index contributed by atoms with van der Waals surface area (Å²) in [6.07, 6.45) is 0. The second-order valence-corrected chi connectivity index (χ2v) is 5.08. The van der Waals surface area contributed by atoms with Gasteiger partial charge in [-0.3, -0.25) is 4.79 Å². The topological polar surface area (TPSA) is 80.6 Å². The van der Waals surface area contributed by atoms with Gasteiger partial charge in [-0.2, -0.15) is 5.26 Å². The van der Waals surface area contributed by atoms with Gasteiger partial charge in [-0.15, -0.1) is 0 Å². The van der Waals surface area contributed by atoms with Crippen LogP contribution in [0.2, 0.25) is 5.02 Å². The van der Waals surface area contributed by atoms with E-state index in [9.17, 15) is 4.79 Å². The van der Waals surface area contributed by atoms with Gasteiger partial charge < -0.3 is 19.5 Å². The normalized spacial score (nSPS) is 9.79. The monoisotopic (exact) mass is 346 g/mol. The summed E-state index contributed by atoms with van der Waals surface area (Å²) in [4.78, 5) is 12.5. The van der Waals surface area contributed by atoms with Crippen molar-refractivity contribution in [2.45, 2.75) is 0 Å². The number of methoxy groups -OCH3 is 3. The molecule has 2 aromatic rings. The zero-order chi connectivity index (χ0) is 17.7. The van der Waals surface area contributed by atoms with Crippen molar-refractivity contribution in [2.75, 3.05) is 26.6 Å². The number of amides is 1. The average Bonchev–Trinajstić information content (AvgIpc) is 2.61. The van der Waals surface area contributed by atoms with Crippen LogP contribution < -0.4 is 19.5 Å². The Morgan fingerprint density at radius 1 is 1.08 bits per heavy atom. The molecule has 6 nitrogen and oxygen atoms in total. The average molecular weight is 347 g/mol. The van der Waals surface area contributed by atoms with Crippen LogP contribution in [-0.4, -0.2) is 27.2 Å². The second kappa shape index (κ2) is 7.57. The third-order valence-corrected chi connectivity index (χ3v) is 3.60. The number of rotatable bonds is 5. The fourth-order valence-corrected chi connectivity index (χ4v) is 2.26. The van der Waals surface area contributed by atoms with Crippen molar-refractivity contribution in [2.24, 2.45) is 0 Å². The number of ether oxygens (including phenoxy) is 3. The Hall–Kier alpha value is -2.91. The first-order valence-electron chi connectivity index (χ1n) is 6.85. The lowest BCUT2D eigenvalue weighted by Gasteiger charge is -2.14. The predicted octanol–water partition coefficient (Wildman–Crippen LogP) is 3.49. The first-order chi connectivity index (χ1) is 11.5. The summed E-state index contributed by atoms with van der Waals surface area (Å²) < 4.78 is 15.7. The number of benzene rings is 2. The molecule has 0 radical (unpaired) electrons. The molecule has 0 aliphatic heterocycles. The molecule has 7 heteroatoms. The molecule has 2 aromatic carbocycles. The molecule has 1 amide bonds. The van der Waals surface area contributed by atoms with Crippen molar-refractivity contribution >= 4 is 23.2 Å². The summed E-state index contributed by atoms with van der Waals surface area (Å²) in [7, 11) is 4.42. The Morgan fingerprint density at radius 2 is 1.71 bits per heavy atom. The quantitative estimate of drug-likeness (QED) is 0.896. The third-order valence-electron chi connectivity index (χ3n) is 3.27. The molecule has 0 atom stereocenters. The maximum absolute atomic E-state index is 12.5. The van der Waals surface area contributed by atoms with Crippen molar-refractivity contribution < 1.29 is 19.0 Å². The largest absolute Gasteiger partial charge is 0.493 e. The smallest absolute Gasteiger partial charge is 0.255 e. The zero-order valence-electron chi connectivity index (χ0n) is 13.3. The maximum atomic E-state index is 12.5. The van der Waals surface area contributed by atoms with Crippen molar-refractivity contribution in [3.05, 3.63) is 46.5 Å². The van der Waals surface area contributed by atoms with E-state index >= 15 is 0 Å². The second-order valence-electron chi connectivity index (χ2n) is 4.67. The molecule has 1 N–H and O–H groups in total. The molecule has 0 spiro atoms. The molecule has 24 heavy (non-hydrogen) atoms. The molecule has 124 valence electrons. The summed E-state index contributed by atoms with van der Waals surface area (Å²) in [5, 5.41) is 12.0. The lowest BCUT2D eigenvalue weighted by atomic mass is 10.1. The zero-order valence-corrected chi connectivity index (χ0v) is 14.1. The number of anilines is 1. The van der Waals surface area contributed by atoms with Crippen LogP contribution in [0, 0.1) is 11.3 Å². The van der Waals surface area contributed by atoms with E-state index in [4.69, 9.17) is 31.1 Å². The van der Waals surface area contributed by atoms with Crippen molar-refractivity contribution in [1.29, 1.82) is 5.26 Å². The van der Waals surface area contributed by atoms with E-state index in [0.717, 1.165) is 0 Å². The molecule has 2 rings (SSSR count). The first-order valence-corrected chi connectivity index (χ1v) is 7.22. The van der Waals surface area contributed by atoms with E-state index < -0.39 is 0 Å². The molecule has 0 unspecified atom stereocenters. The van der Waals surface area contributed by atoms with Crippen LogP contribution in [0.15, 0.2) is 30.3 Å². The van der Waals surface area contributed by atoms with Gasteiger partial charge in [0.2, 0.25) is 5.75 Å². The molecular formula is C17H15ClN2O4. The van der Waals surface area contributed by atoms with Crippen LogP contribution in [0.3, 0.4) is 0 Å². The molecular weight excluding hydrogens is 332 g/mol. The van der Waals surface area contributed by atoms with Gasteiger partial charge >= 0.3 is 0 Å². The van der Waals surface area contributed by atoms with Crippen LogP contribution in [0.5, 0.6) is 17.2 Å². The van der Waals surface area contributed by atoms with E-state index in [-0.39, 0.29) is 11.5 Å². The van der Waals surface area contributed by atoms with Gasteiger partial charge in [0.05, 0.1) is 31.9 Å². The molecule has 0 bridgehead atoms. The fraction of sp³-hybridized carbons (Fsp3) is 0.176. The molecule has 0 saturated carbocycles. The van der Waals surface area contributed by atoms with Gasteiger partial charge in [0.25, 0.3) is 5.91 Å². The highest BCUT2D eigenvalue weighted by Crippen LogP contribution is 2.38. The standard InChI is InChI=1S/C17H15ClN2O4/c1-22-14-7-10(8-15(23-2)16(14)24-3)17(21)20-12-4-5-13(18)11(6-12)9-19/h4-8H,1-3H3,(H,20,21). The Kier molecular flexibility index (Phi) is 5.51. The first kappa shape index (κ1) is 17.4. The van der Waals surface area contributed by atoms with Crippen molar-refractivity contribution in [3.8, 4) is 23.3 Å². The summed E-state index contributed by atoms with van der Waals surface area (Å²) in [5.74, 6) is 0.752. The number of hydrogen-bond acceptors (Lipinski definition) is 5. The van der Waals surface area contributed by atoms with Crippen LogP contribution in [-0.2, 0) is 0 Å². The highest BCUT2D eigenvalue weighted by Gasteiger charge is 2.17. The van der Waals surface area contributed by atoms with Gasteiger partial charge in [0.1, 0.15) is 6.07 Å². The van der Waals surface area contributed by atoms with Crippen molar-refractivity contribution in [3.63, 3.8) is 0 Å². The minimum Gasteiger partial charge on any atom is -0.493 e. The molecule has 0 aliphatic carbocycles. The number of carbonyl (C=O) groups is 1. The van der Waals surface area contributed by atoms with Gasteiger partial charge in [-0.25, -0.2) is 0 Å². The number of nitrogens with zero attached hydrogens (tertiary/aromatic N) is 1.